The van der Waals surface area contributed by atoms with Crippen LogP contribution < -0.4 is 10.1 Å². The van der Waals surface area contributed by atoms with Crippen molar-refractivity contribution in [2.75, 3.05) is 13.2 Å². The molecule has 1 N–H and O–H groups in total. The number of hydrogen-bond acceptors (Lipinski definition) is 4. The molecule has 0 saturated carbocycles. The predicted octanol–water partition coefficient (Wildman–Crippen LogP) is 2.11. The fraction of sp³-hybridized carbons (Fsp3) is 0.385. The van der Waals surface area contributed by atoms with Gasteiger partial charge in [-0.25, -0.2) is 0 Å². The van der Waals surface area contributed by atoms with Crippen molar-refractivity contribution in [3.05, 3.63) is 33.9 Å². The number of nitrogens with zero attached hydrogens (tertiary/aromatic N) is 1. The molecule has 0 saturated heterocycles. The van der Waals surface area contributed by atoms with Crippen LogP contribution in [-0.4, -0.2) is 18.1 Å². The molecule has 0 bridgehead atoms. The van der Waals surface area contributed by atoms with Crippen LogP contribution in [0.5, 0.6) is 5.75 Å². The summed E-state index contributed by atoms with van der Waals surface area (Å²) in [6, 6.07) is 4.85. The van der Waals surface area contributed by atoms with Gasteiger partial charge in [-0.2, -0.15) is 0 Å². The van der Waals surface area contributed by atoms with Gasteiger partial charge in [-0.15, -0.1) is 12.3 Å². The van der Waals surface area contributed by atoms with E-state index in [0.717, 1.165) is 12.1 Å². The lowest BCUT2D eigenvalue weighted by Crippen LogP contribution is -2.12. The number of ether oxygens (including phenoxy) is 1. The molecule has 0 aliphatic rings. The molecule has 0 aromatic heterocycles. The van der Waals surface area contributed by atoms with Crippen LogP contribution in [-0.2, 0) is 6.54 Å². The van der Waals surface area contributed by atoms with Crippen LogP contribution in [0.2, 0.25) is 0 Å². The predicted molar refractivity (Wildman–Crippen MR) is 69.4 cm³/mol. The van der Waals surface area contributed by atoms with E-state index in [-0.39, 0.29) is 18.0 Å². The van der Waals surface area contributed by atoms with E-state index in [4.69, 9.17) is 11.2 Å². The Balaban J connectivity index is 2.86. The number of nitro groups is 1. The number of nitro benzene ring substituents is 1. The molecule has 0 fully saturated rings. The summed E-state index contributed by atoms with van der Waals surface area (Å²) in [5.41, 5.74) is 0.908. The van der Waals surface area contributed by atoms with Crippen LogP contribution >= 0.6 is 0 Å². The molecule has 0 radical (unpaired) electrons. The van der Waals surface area contributed by atoms with E-state index >= 15 is 0 Å². The second kappa shape index (κ2) is 7.30. The van der Waals surface area contributed by atoms with Gasteiger partial charge in [0.2, 0.25) is 0 Å². The van der Waals surface area contributed by atoms with Crippen molar-refractivity contribution in [2.24, 2.45) is 0 Å². The second-order valence-corrected chi connectivity index (χ2v) is 3.64. The first-order chi connectivity index (χ1) is 8.69. The third-order valence-electron chi connectivity index (χ3n) is 2.30. The molecule has 0 aliphatic carbocycles. The molecule has 0 amide bonds. The zero-order valence-corrected chi connectivity index (χ0v) is 10.3. The molecule has 5 nitrogen and oxygen atoms in total. The monoisotopic (exact) mass is 248 g/mol. The normalized spacial score (nSPS) is 9.78. The third kappa shape index (κ3) is 4.07. The summed E-state index contributed by atoms with van der Waals surface area (Å²) in [6.07, 6.45) is 5.54. The highest BCUT2D eigenvalue weighted by atomic mass is 16.6. The summed E-state index contributed by atoms with van der Waals surface area (Å²) < 4.78 is 5.35. The molecule has 0 aliphatic heterocycles. The maximum atomic E-state index is 10.8. The van der Waals surface area contributed by atoms with E-state index in [2.05, 4.69) is 11.2 Å². The Labute approximate surface area is 106 Å². The van der Waals surface area contributed by atoms with E-state index in [1.807, 2.05) is 6.92 Å². The molecule has 0 unspecified atom stereocenters. The van der Waals surface area contributed by atoms with Crippen LogP contribution in [0.4, 0.5) is 5.69 Å². The molecule has 5 heteroatoms. The van der Waals surface area contributed by atoms with Gasteiger partial charge in [0.25, 0.3) is 0 Å². The van der Waals surface area contributed by atoms with Gasteiger partial charge in [-0.1, -0.05) is 13.0 Å². The molecule has 0 heterocycles. The van der Waals surface area contributed by atoms with Gasteiger partial charge in [0.05, 0.1) is 11.5 Å². The maximum absolute atomic E-state index is 10.8. The van der Waals surface area contributed by atoms with E-state index < -0.39 is 4.92 Å². The van der Waals surface area contributed by atoms with E-state index in [1.165, 1.54) is 6.07 Å². The number of nitrogens with one attached hydrogen (secondary N) is 1. The largest absolute Gasteiger partial charge is 0.486 e. The van der Waals surface area contributed by atoms with Crippen LogP contribution in [0.3, 0.4) is 0 Å². The number of benzene rings is 1. The molecular weight excluding hydrogens is 232 g/mol. The highest BCUT2D eigenvalue weighted by Crippen LogP contribution is 2.28. The van der Waals surface area contributed by atoms with Crippen LogP contribution in [0.15, 0.2) is 18.2 Å². The number of hydrogen-bond donors (Lipinski definition) is 1. The van der Waals surface area contributed by atoms with Crippen molar-refractivity contribution in [2.45, 2.75) is 19.9 Å². The van der Waals surface area contributed by atoms with E-state index in [9.17, 15) is 10.1 Å². The van der Waals surface area contributed by atoms with E-state index in [0.29, 0.717) is 13.0 Å². The van der Waals surface area contributed by atoms with Crippen molar-refractivity contribution in [1.29, 1.82) is 0 Å². The van der Waals surface area contributed by atoms with Gasteiger partial charge in [0.1, 0.15) is 0 Å². The highest BCUT2D eigenvalue weighted by Gasteiger charge is 2.15. The zero-order valence-electron chi connectivity index (χ0n) is 10.3. The summed E-state index contributed by atoms with van der Waals surface area (Å²) in [6.45, 7) is 3.77. The summed E-state index contributed by atoms with van der Waals surface area (Å²) in [7, 11) is 0. The Hall–Kier alpha value is -2.06. The quantitative estimate of drug-likeness (QED) is 0.347. The van der Waals surface area contributed by atoms with Gasteiger partial charge in [0, 0.05) is 19.0 Å². The molecular formula is C13H16N2O3. The Bertz CT molecular complexity index is 452. The number of rotatable bonds is 7. The van der Waals surface area contributed by atoms with Crippen LogP contribution in [0.1, 0.15) is 18.9 Å². The van der Waals surface area contributed by atoms with Crippen molar-refractivity contribution in [1.82, 2.24) is 5.32 Å². The van der Waals surface area contributed by atoms with Gasteiger partial charge < -0.3 is 10.1 Å². The molecule has 0 spiro atoms. The molecule has 1 aromatic rings. The lowest BCUT2D eigenvalue weighted by atomic mass is 10.2. The maximum Gasteiger partial charge on any atom is 0.310 e. The summed E-state index contributed by atoms with van der Waals surface area (Å²) in [5, 5.41) is 14.0. The van der Waals surface area contributed by atoms with E-state index in [1.54, 1.807) is 12.1 Å². The third-order valence-corrected chi connectivity index (χ3v) is 2.30. The molecule has 18 heavy (non-hydrogen) atoms. The standard InChI is InChI=1S/C13H16N2O3/c1-3-5-8-18-13-9-11(10-14-4-2)6-7-12(13)15(16)17/h1,6-7,9,14H,4-5,8,10H2,2H3. The first kappa shape index (κ1) is 14.0. The SMILES string of the molecule is C#CCCOc1cc(CNCC)ccc1[N+](=O)[O-]. The van der Waals surface area contributed by atoms with Gasteiger partial charge in [0.15, 0.2) is 5.75 Å². The lowest BCUT2D eigenvalue weighted by Gasteiger charge is -2.08. The van der Waals surface area contributed by atoms with Crippen molar-refractivity contribution in [3.63, 3.8) is 0 Å². The molecule has 1 rings (SSSR count). The number of terminal acetylenes is 1. The fourth-order valence-electron chi connectivity index (χ4n) is 1.42. The Morgan fingerprint density at radius 1 is 1.56 bits per heavy atom. The Morgan fingerprint density at radius 2 is 2.33 bits per heavy atom. The molecule has 96 valence electrons. The van der Waals surface area contributed by atoms with Crippen molar-refractivity contribution in [3.8, 4) is 18.1 Å². The fourth-order valence-corrected chi connectivity index (χ4v) is 1.42. The van der Waals surface area contributed by atoms with Crippen molar-refractivity contribution >= 4 is 5.69 Å². The Morgan fingerprint density at radius 3 is 2.94 bits per heavy atom. The van der Waals surface area contributed by atoms with Gasteiger partial charge in [-0.3, -0.25) is 10.1 Å². The second-order valence-electron chi connectivity index (χ2n) is 3.64. The first-order valence-corrected chi connectivity index (χ1v) is 5.73. The van der Waals surface area contributed by atoms with Crippen molar-refractivity contribution < 1.29 is 9.66 Å². The van der Waals surface area contributed by atoms with Crippen LogP contribution in [0.25, 0.3) is 0 Å². The zero-order chi connectivity index (χ0) is 13.4. The first-order valence-electron chi connectivity index (χ1n) is 5.73. The van der Waals surface area contributed by atoms with Gasteiger partial charge >= 0.3 is 5.69 Å². The highest BCUT2D eigenvalue weighted by molar-refractivity contribution is 5.48. The average molecular weight is 248 g/mol. The van der Waals surface area contributed by atoms with Crippen LogP contribution in [0, 0.1) is 22.5 Å². The smallest absolute Gasteiger partial charge is 0.310 e. The summed E-state index contributed by atoms with van der Waals surface area (Å²) >= 11 is 0. The lowest BCUT2D eigenvalue weighted by molar-refractivity contribution is -0.385. The minimum Gasteiger partial charge on any atom is -0.486 e. The summed E-state index contributed by atoms with van der Waals surface area (Å²) in [5.74, 6) is 2.70. The Kier molecular flexibility index (Phi) is 5.68. The topological polar surface area (TPSA) is 64.4 Å². The minimum absolute atomic E-state index is 0.0349. The molecule has 1 aromatic carbocycles. The summed E-state index contributed by atoms with van der Waals surface area (Å²) in [4.78, 5) is 10.4. The average Bonchev–Trinajstić information content (AvgIpc) is 2.36. The minimum atomic E-state index is -0.456. The van der Waals surface area contributed by atoms with Gasteiger partial charge in [-0.05, 0) is 18.2 Å². The molecule has 0 atom stereocenters.